The zero-order chi connectivity index (χ0) is 34.3. The fraction of sp³-hybridized carbons (Fsp3) is 0.372. The summed E-state index contributed by atoms with van der Waals surface area (Å²) in [6.07, 6.45) is 4.88. The van der Waals surface area contributed by atoms with Crippen LogP contribution in [-0.2, 0) is 32.1 Å². The van der Waals surface area contributed by atoms with Gasteiger partial charge in [-0.1, -0.05) is 173 Å². The lowest BCUT2D eigenvalue weighted by molar-refractivity contribution is 0.772. The first-order chi connectivity index (χ1) is 22.7. The number of nitrogens with zero attached hydrogens (tertiary/aromatic N) is 3. The van der Waals surface area contributed by atoms with Gasteiger partial charge in [-0.2, -0.15) is 0 Å². The molecule has 1 heterocycles. The molecule has 0 aliphatic heterocycles. The van der Waals surface area contributed by atoms with Gasteiger partial charge in [-0.25, -0.2) is 15.0 Å². The number of hydrogen-bond donors (Lipinski definition) is 0. The molecule has 0 unspecified atom stereocenters. The minimum absolute atomic E-state index is 0.891. The molecule has 3 nitrogen and oxygen atoms in total. The van der Waals surface area contributed by atoms with Crippen LogP contribution in [0.1, 0.15) is 116 Å². The van der Waals surface area contributed by atoms with Crippen LogP contribution < -0.4 is 0 Å². The van der Waals surface area contributed by atoms with Gasteiger partial charge in [-0.3, -0.25) is 0 Å². The Kier molecular flexibility index (Phi) is 20.2. The molecule has 0 atom stereocenters. The minimum atomic E-state index is 0.891. The Bertz CT molecular complexity index is 1310. The van der Waals surface area contributed by atoms with Crippen molar-refractivity contribution in [3.8, 4) is 22.3 Å². The highest BCUT2D eigenvalue weighted by atomic mass is 15.0. The molecule has 46 heavy (non-hydrogen) atoms. The van der Waals surface area contributed by atoms with E-state index in [2.05, 4.69) is 133 Å². The third kappa shape index (κ3) is 11.1. The van der Waals surface area contributed by atoms with E-state index in [0.29, 0.717) is 0 Å². The summed E-state index contributed by atoms with van der Waals surface area (Å²) in [6, 6.07) is 34.6. The van der Waals surface area contributed by atoms with Crippen molar-refractivity contribution in [2.24, 2.45) is 0 Å². The van der Waals surface area contributed by atoms with Crippen molar-refractivity contribution >= 4 is 0 Å². The maximum absolute atomic E-state index is 4.30. The van der Waals surface area contributed by atoms with Crippen LogP contribution in [-0.4, -0.2) is 15.0 Å². The molecule has 0 radical (unpaired) electrons. The largest absolute Gasteiger partial charge is 0.218 e. The molecule has 0 saturated carbocycles. The summed E-state index contributed by atoms with van der Waals surface area (Å²) in [5, 5.41) is 0. The quantitative estimate of drug-likeness (QED) is 0.198. The van der Waals surface area contributed by atoms with E-state index >= 15 is 0 Å². The molecular weight excluding hydrogens is 558 g/mol. The van der Waals surface area contributed by atoms with Crippen molar-refractivity contribution in [1.29, 1.82) is 0 Å². The first-order valence-electron chi connectivity index (χ1n) is 17.7. The summed E-state index contributed by atoms with van der Waals surface area (Å²) in [7, 11) is 0. The van der Waals surface area contributed by atoms with Crippen LogP contribution in [0.4, 0.5) is 0 Å². The average molecular weight is 618 g/mol. The Morgan fingerprint density at radius 3 is 0.739 bits per heavy atom. The molecule has 2 aliphatic rings. The van der Waals surface area contributed by atoms with Crippen LogP contribution in [0.3, 0.4) is 0 Å². The van der Waals surface area contributed by atoms with Gasteiger partial charge in [0.1, 0.15) is 17.5 Å². The fourth-order valence-corrected chi connectivity index (χ4v) is 5.16. The summed E-state index contributed by atoms with van der Waals surface area (Å²) in [5.74, 6) is 2.75. The molecule has 0 N–H and O–H groups in total. The Balaban J connectivity index is 0.000000311. The summed E-state index contributed by atoms with van der Waals surface area (Å²) in [6.45, 7) is 22.2. The second kappa shape index (κ2) is 23.3. The minimum Gasteiger partial charge on any atom is -0.218 e. The van der Waals surface area contributed by atoms with Gasteiger partial charge in [0.05, 0.1) is 0 Å². The van der Waals surface area contributed by atoms with Gasteiger partial charge in [0.2, 0.25) is 0 Å². The molecule has 0 bridgehead atoms. The van der Waals surface area contributed by atoms with Gasteiger partial charge in [0.25, 0.3) is 0 Å². The van der Waals surface area contributed by atoms with Gasteiger partial charge in [-0.05, 0) is 57.3 Å². The van der Waals surface area contributed by atoms with Crippen LogP contribution in [0.15, 0.2) is 97.1 Å². The second-order valence-corrected chi connectivity index (χ2v) is 9.63. The standard InChI is InChI=1S/2C13H10.C9H15N3.4C2H6/c2*1-3-7-12-10(5-1)9-11-6-2-4-8-13(11)12;1-4-7-10-8(5-2)12-9(6-3)11-7;4*1-2/h2*1-8H,9H2;4-6H2,1-3H3;4*1-2H3. The normalized spacial score (nSPS) is 10.2. The van der Waals surface area contributed by atoms with E-state index < -0.39 is 0 Å². The molecule has 0 amide bonds. The molecule has 3 heteroatoms. The third-order valence-corrected chi connectivity index (χ3v) is 7.13. The molecule has 4 aromatic carbocycles. The van der Waals surface area contributed by atoms with Crippen molar-refractivity contribution in [2.75, 3.05) is 0 Å². The summed E-state index contributed by atoms with van der Waals surface area (Å²) < 4.78 is 0. The van der Waals surface area contributed by atoms with E-state index in [1.165, 1.54) is 44.5 Å². The summed E-state index contributed by atoms with van der Waals surface area (Å²) in [4.78, 5) is 12.9. The number of fused-ring (bicyclic) bond motifs is 6. The Hall–Kier alpha value is -4.11. The van der Waals surface area contributed by atoms with E-state index in [1.807, 2.05) is 55.4 Å². The van der Waals surface area contributed by atoms with Crippen molar-refractivity contribution in [1.82, 2.24) is 15.0 Å². The van der Waals surface area contributed by atoms with Gasteiger partial charge < -0.3 is 0 Å². The van der Waals surface area contributed by atoms with Crippen molar-refractivity contribution in [3.63, 3.8) is 0 Å². The number of benzene rings is 4. The topological polar surface area (TPSA) is 38.7 Å². The Labute approximate surface area is 281 Å². The summed E-state index contributed by atoms with van der Waals surface area (Å²) >= 11 is 0. The molecular formula is C43H59N3. The lowest BCUT2D eigenvalue weighted by atomic mass is 10.1. The average Bonchev–Trinajstić information content (AvgIpc) is 3.74. The molecule has 0 spiro atoms. The van der Waals surface area contributed by atoms with Crippen LogP contribution >= 0.6 is 0 Å². The number of aromatic nitrogens is 3. The predicted molar refractivity (Wildman–Crippen MR) is 203 cm³/mol. The molecule has 5 aromatic rings. The zero-order valence-electron chi connectivity index (χ0n) is 30.6. The Morgan fingerprint density at radius 1 is 0.348 bits per heavy atom. The maximum Gasteiger partial charge on any atom is 0.132 e. The van der Waals surface area contributed by atoms with Gasteiger partial charge in [0, 0.05) is 19.3 Å². The highest BCUT2D eigenvalue weighted by molar-refractivity contribution is 5.77. The fourth-order valence-electron chi connectivity index (χ4n) is 5.16. The molecule has 0 fully saturated rings. The highest BCUT2D eigenvalue weighted by Crippen LogP contribution is 2.36. The first-order valence-corrected chi connectivity index (χ1v) is 17.7. The smallest absolute Gasteiger partial charge is 0.132 e. The lowest BCUT2D eigenvalue weighted by Gasteiger charge is -2.01. The highest BCUT2D eigenvalue weighted by Gasteiger charge is 2.16. The molecule has 246 valence electrons. The number of hydrogen-bond acceptors (Lipinski definition) is 3. The molecule has 2 aliphatic carbocycles. The zero-order valence-corrected chi connectivity index (χ0v) is 30.6. The van der Waals surface area contributed by atoms with E-state index in [1.54, 1.807) is 0 Å². The van der Waals surface area contributed by atoms with E-state index in [-0.39, 0.29) is 0 Å². The monoisotopic (exact) mass is 617 g/mol. The van der Waals surface area contributed by atoms with Crippen molar-refractivity contribution in [2.45, 2.75) is 108 Å². The van der Waals surface area contributed by atoms with Crippen molar-refractivity contribution in [3.05, 3.63) is 137 Å². The first kappa shape index (κ1) is 39.9. The SMILES string of the molecule is CC.CC.CC.CC.CCc1nc(CC)nc(CC)n1.c1ccc2c(c1)Cc1ccccc1-2.c1ccc2c(c1)Cc1ccccc1-2. The predicted octanol–water partition coefficient (Wildman–Crippen LogP) is 12.2. The molecule has 7 rings (SSSR count). The second-order valence-electron chi connectivity index (χ2n) is 9.63. The van der Waals surface area contributed by atoms with Crippen LogP contribution in [0, 0.1) is 0 Å². The third-order valence-electron chi connectivity index (χ3n) is 7.13. The Morgan fingerprint density at radius 2 is 0.543 bits per heavy atom. The van der Waals surface area contributed by atoms with Gasteiger partial charge in [-0.15, -0.1) is 0 Å². The molecule has 1 aromatic heterocycles. The van der Waals surface area contributed by atoms with Crippen LogP contribution in [0.2, 0.25) is 0 Å². The van der Waals surface area contributed by atoms with Gasteiger partial charge in [0.15, 0.2) is 0 Å². The van der Waals surface area contributed by atoms with E-state index in [0.717, 1.165) is 49.6 Å². The lowest BCUT2D eigenvalue weighted by Crippen LogP contribution is -2.05. The van der Waals surface area contributed by atoms with Crippen LogP contribution in [0.25, 0.3) is 22.3 Å². The summed E-state index contributed by atoms with van der Waals surface area (Å²) in [5.41, 5.74) is 11.5. The van der Waals surface area contributed by atoms with E-state index in [4.69, 9.17) is 0 Å². The number of rotatable bonds is 3. The van der Waals surface area contributed by atoms with Crippen LogP contribution in [0.5, 0.6) is 0 Å². The number of aryl methyl sites for hydroxylation is 3. The van der Waals surface area contributed by atoms with Crippen molar-refractivity contribution < 1.29 is 0 Å². The van der Waals surface area contributed by atoms with E-state index in [9.17, 15) is 0 Å². The maximum atomic E-state index is 4.30. The van der Waals surface area contributed by atoms with Gasteiger partial charge >= 0.3 is 0 Å². The molecule has 0 saturated heterocycles.